The first kappa shape index (κ1) is 16.1. The van der Waals surface area contributed by atoms with Crippen LogP contribution in [0, 0.1) is 5.82 Å². The van der Waals surface area contributed by atoms with Crippen molar-refractivity contribution in [1.82, 2.24) is 10.3 Å². The van der Waals surface area contributed by atoms with Crippen molar-refractivity contribution in [2.75, 3.05) is 5.32 Å². The quantitative estimate of drug-likeness (QED) is 0.889. The number of benzene rings is 1. The summed E-state index contributed by atoms with van der Waals surface area (Å²) in [6, 6.07) is 5.72. The van der Waals surface area contributed by atoms with Gasteiger partial charge in [-0.25, -0.2) is 9.37 Å². The van der Waals surface area contributed by atoms with Crippen LogP contribution in [0.25, 0.3) is 0 Å². The second-order valence-corrected chi connectivity index (χ2v) is 5.61. The van der Waals surface area contributed by atoms with Crippen LogP contribution in [0.3, 0.4) is 0 Å². The smallest absolute Gasteiger partial charge is 0.271 e. The van der Waals surface area contributed by atoms with Crippen LogP contribution in [0.4, 0.5) is 9.52 Å². The predicted molar refractivity (Wildman–Crippen MR) is 83.7 cm³/mol. The van der Waals surface area contributed by atoms with Crippen molar-refractivity contribution >= 4 is 28.3 Å². The molecule has 2 amide bonds. The van der Waals surface area contributed by atoms with Gasteiger partial charge in [-0.3, -0.25) is 14.9 Å². The fourth-order valence-electron chi connectivity index (χ4n) is 1.65. The van der Waals surface area contributed by atoms with Gasteiger partial charge in [0.2, 0.25) is 0 Å². The van der Waals surface area contributed by atoms with Crippen LogP contribution in [0.15, 0.2) is 29.6 Å². The number of aromatic nitrogens is 1. The number of amides is 2. The second kappa shape index (κ2) is 7.13. The van der Waals surface area contributed by atoms with Gasteiger partial charge < -0.3 is 5.32 Å². The standard InChI is InChI=1S/C15H16FN3O2S/c1-3-9(2)17-14(21)12-8-22-15(18-12)19-13(20)10-6-4-5-7-11(10)16/h4-9H,3H2,1-2H3,(H,17,21)(H,18,19,20). The molecular weight excluding hydrogens is 305 g/mol. The Hall–Kier alpha value is -2.28. The van der Waals surface area contributed by atoms with Gasteiger partial charge in [-0.1, -0.05) is 19.1 Å². The lowest BCUT2D eigenvalue weighted by Gasteiger charge is -2.09. The van der Waals surface area contributed by atoms with Crippen molar-refractivity contribution in [2.24, 2.45) is 0 Å². The van der Waals surface area contributed by atoms with E-state index in [1.165, 1.54) is 18.2 Å². The Balaban J connectivity index is 2.05. The van der Waals surface area contributed by atoms with Crippen LogP contribution in [0.5, 0.6) is 0 Å². The average Bonchev–Trinajstić information content (AvgIpc) is 2.96. The first-order valence-corrected chi connectivity index (χ1v) is 7.71. The zero-order valence-electron chi connectivity index (χ0n) is 12.2. The third-order valence-electron chi connectivity index (χ3n) is 3.07. The van der Waals surface area contributed by atoms with Crippen LogP contribution in [-0.4, -0.2) is 22.8 Å². The largest absolute Gasteiger partial charge is 0.348 e. The Morgan fingerprint density at radius 1 is 1.32 bits per heavy atom. The molecular formula is C15H16FN3O2S. The zero-order valence-corrected chi connectivity index (χ0v) is 13.0. The summed E-state index contributed by atoms with van der Waals surface area (Å²) < 4.78 is 13.5. The van der Waals surface area contributed by atoms with Gasteiger partial charge >= 0.3 is 0 Å². The van der Waals surface area contributed by atoms with Gasteiger partial charge in [0.25, 0.3) is 11.8 Å². The monoisotopic (exact) mass is 321 g/mol. The lowest BCUT2D eigenvalue weighted by atomic mass is 10.2. The third kappa shape index (κ3) is 3.88. The molecule has 116 valence electrons. The minimum atomic E-state index is -0.605. The Morgan fingerprint density at radius 3 is 2.73 bits per heavy atom. The molecule has 2 aromatic rings. The van der Waals surface area contributed by atoms with Crippen LogP contribution in [-0.2, 0) is 0 Å². The van der Waals surface area contributed by atoms with Crippen molar-refractivity contribution in [1.29, 1.82) is 0 Å². The summed E-state index contributed by atoms with van der Waals surface area (Å²) in [5, 5.41) is 7.08. The van der Waals surface area contributed by atoms with Gasteiger partial charge in [0.15, 0.2) is 5.13 Å². The number of rotatable bonds is 5. The topological polar surface area (TPSA) is 71.1 Å². The molecule has 7 heteroatoms. The zero-order chi connectivity index (χ0) is 16.1. The molecule has 2 N–H and O–H groups in total. The highest BCUT2D eigenvalue weighted by molar-refractivity contribution is 7.14. The van der Waals surface area contributed by atoms with Gasteiger partial charge in [0.05, 0.1) is 5.56 Å². The minimum Gasteiger partial charge on any atom is -0.348 e. The minimum absolute atomic E-state index is 0.0469. The van der Waals surface area contributed by atoms with E-state index in [0.717, 1.165) is 17.8 Å². The number of halogens is 1. The molecule has 0 radical (unpaired) electrons. The molecule has 0 aliphatic rings. The number of nitrogens with zero attached hydrogens (tertiary/aromatic N) is 1. The Morgan fingerprint density at radius 2 is 2.05 bits per heavy atom. The Labute approximate surface area is 131 Å². The average molecular weight is 321 g/mol. The van der Waals surface area contributed by atoms with Gasteiger partial charge in [-0.15, -0.1) is 11.3 Å². The lowest BCUT2D eigenvalue weighted by molar-refractivity contribution is 0.0933. The van der Waals surface area contributed by atoms with Gasteiger partial charge in [0, 0.05) is 11.4 Å². The molecule has 5 nitrogen and oxygen atoms in total. The van der Waals surface area contributed by atoms with Crippen molar-refractivity contribution in [3.05, 3.63) is 46.7 Å². The van der Waals surface area contributed by atoms with E-state index >= 15 is 0 Å². The highest BCUT2D eigenvalue weighted by atomic mass is 32.1. The van der Waals surface area contributed by atoms with E-state index in [1.54, 1.807) is 11.4 Å². The summed E-state index contributed by atoms with van der Waals surface area (Å²) >= 11 is 1.12. The SMILES string of the molecule is CCC(C)NC(=O)c1csc(NC(=O)c2ccccc2F)n1. The molecule has 1 heterocycles. The number of hydrogen-bond donors (Lipinski definition) is 2. The molecule has 0 saturated heterocycles. The Bertz CT molecular complexity index is 687. The van der Waals surface area contributed by atoms with Gasteiger partial charge in [-0.2, -0.15) is 0 Å². The molecule has 1 aromatic carbocycles. The number of carbonyl (C=O) groups excluding carboxylic acids is 2. The number of thiazole rings is 1. The van der Waals surface area contributed by atoms with E-state index in [1.807, 2.05) is 13.8 Å². The van der Waals surface area contributed by atoms with Crippen molar-refractivity contribution in [2.45, 2.75) is 26.3 Å². The maximum atomic E-state index is 13.5. The molecule has 0 saturated carbocycles. The van der Waals surface area contributed by atoms with E-state index in [0.29, 0.717) is 0 Å². The number of nitrogens with one attached hydrogen (secondary N) is 2. The van der Waals surface area contributed by atoms with Crippen molar-refractivity contribution in [3.8, 4) is 0 Å². The van der Waals surface area contributed by atoms with Gasteiger partial charge in [0.1, 0.15) is 11.5 Å². The maximum Gasteiger partial charge on any atom is 0.271 e. The van der Waals surface area contributed by atoms with Crippen molar-refractivity contribution < 1.29 is 14.0 Å². The summed E-state index contributed by atoms with van der Waals surface area (Å²) in [7, 11) is 0. The predicted octanol–water partition coefficient (Wildman–Crippen LogP) is 3.06. The molecule has 0 fully saturated rings. The van der Waals surface area contributed by atoms with Crippen LogP contribution < -0.4 is 10.6 Å². The number of hydrogen-bond acceptors (Lipinski definition) is 4. The van der Waals surface area contributed by atoms with Crippen LogP contribution in [0.1, 0.15) is 41.1 Å². The van der Waals surface area contributed by atoms with Crippen LogP contribution >= 0.6 is 11.3 Å². The highest BCUT2D eigenvalue weighted by Crippen LogP contribution is 2.17. The summed E-state index contributed by atoms with van der Waals surface area (Å²) in [5.41, 5.74) is 0.164. The van der Waals surface area contributed by atoms with E-state index in [-0.39, 0.29) is 28.3 Å². The third-order valence-corrected chi connectivity index (χ3v) is 3.82. The van der Waals surface area contributed by atoms with Crippen LogP contribution in [0.2, 0.25) is 0 Å². The molecule has 22 heavy (non-hydrogen) atoms. The lowest BCUT2D eigenvalue weighted by Crippen LogP contribution is -2.32. The van der Waals surface area contributed by atoms with Gasteiger partial charge in [-0.05, 0) is 25.5 Å². The molecule has 0 spiro atoms. The molecule has 0 aliphatic heterocycles. The number of carbonyl (C=O) groups is 2. The first-order chi connectivity index (χ1) is 10.5. The summed E-state index contributed by atoms with van der Waals surface area (Å²) in [6.45, 7) is 3.86. The molecule has 0 aliphatic carbocycles. The highest BCUT2D eigenvalue weighted by Gasteiger charge is 2.16. The van der Waals surface area contributed by atoms with E-state index < -0.39 is 11.7 Å². The summed E-state index contributed by atoms with van der Waals surface area (Å²) in [5.74, 6) is -1.50. The van der Waals surface area contributed by atoms with E-state index in [2.05, 4.69) is 15.6 Å². The summed E-state index contributed by atoms with van der Waals surface area (Å²) in [6.07, 6.45) is 0.812. The normalized spacial score (nSPS) is 11.8. The van der Waals surface area contributed by atoms with E-state index in [9.17, 15) is 14.0 Å². The molecule has 0 bridgehead atoms. The van der Waals surface area contributed by atoms with Crippen molar-refractivity contribution in [3.63, 3.8) is 0 Å². The second-order valence-electron chi connectivity index (χ2n) is 4.75. The molecule has 1 aromatic heterocycles. The molecule has 1 atom stereocenters. The molecule has 1 unspecified atom stereocenters. The first-order valence-electron chi connectivity index (χ1n) is 6.83. The molecule has 2 rings (SSSR count). The maximum absolute atomic E-state index is 13.5. The summed E-state index contributed by atoms with van der Waals surface area (Å²) in [4.78, 5) is 27.9. The van der Waals surface area contributed by atoms with E-state index in [4.69, 9.17) is 0 Å². The fraction of sp³-hybridized carbons (Fsp3) is 0.267. The fourth-order valence-corrected chi connectivity index (χ4v) is 2.33. The number of anilines is 1. The Kier molecular flexibility index (Phi) is 5.21.